The molecule has 0 aromatic heterocycles. The van der Waals surface area contributed by atoms with E-state index in [4.69, 9.17) is 17.0 Å². The van der Waals surface area contributed by atoms with Crippen molar-refractivity contribution in [2.24, 2.45) is 0 Å². The number of carbonyl (C=O) groups excluding carboxylic acids is 1. The molecule has 0 aliphatic rings. The quantitative estimate of drug-likeness (QED) is 0.470. The van der Waals surface area contributed by atoms with Gasteiger partial charge >= 0.3 is 0 Å². The fourth-order valence-electron chi connectivity index (χ4n) is 2.17. The van der Waals surface area contributed by atoms with E-state index >= 15 is 0 Å². The van der Waals surface area contributed by atoms with Gasteiger partial charge in [-0.05, 0) is 54.5 Å². The molecule has 0 atom stereocenters. The molecule has 0 saturated heterocycles. The minimum absolute atomic E-state index is 0.119. The van der Waals surface area contributed by atoms with Crippen molar-refractivity contribution in [1.82, 2.24) is 10.9 Å². The molecule has 25 heavy (non-hydrogen) atoms. The molecule has 4 N–H and O–H groups in total. The molecule has 0 bridgehead atoms. The molecule has 2 aromatic rings. The SMILES string of the molecule is CCc1ccccc1NC(=S)NNC(=O)CNc1ccc(OC)cc1. The normalized spacial score (nSPS) is 9.84. The molecular formula is C18H22N4O2S. The number of rotatable bonds is 6. The maximum Gasteiger partial charge on any atom is 0.257 e. The van der Waals surface area contributed by atoms with Crippen LogP contribution in [-0.4, -0.2) is 24.7 Å². The Kier molecular flexibility index (Phi) is 7.03. The van der Waals surface area contributed by atoms with Crippen molar-refractivity contribution in [3.05, 3.63) is 54.1 Å². The topological polar surface area (TPSA) is 74.4 Å². The number of methoxy groups -OCH3 is 1. The minimum Gasteiger partial charge on any atom is -0.497 e. The largest absolute Gasteiger partial charge is 0.497 e. The van der Waals surface area contributed by atoms with Crippen LogP contribution in [0, 0.1) is 0 Å². The van der Waals surface area contributed by atoms with Crippen LogP contribution in [0.3, 0.4) is 0 Å². The molecule has 0 fully saturated rings. The molecule has 6 nitrogen and oxygen atoms in total. The lowest BCUT2D eigenvalue weighted by molar-refractivity contribution is -0.119. The minimum atomic E-state index is -0.233. The van der Waals surface area contributed by atoms with Gasteiger partial charge in [0.15, 0.2) is 5.11 Å². The second kappa shape index (κ2) is 9.48. The molecule has 0 heterocycles. The zero-order valence-electron chi connectivity index (χ0n) is 14.3. The maximum absolute atomic E-state index is 11.9. The van der Waals surface area contributed by atoms with E-state index in [2.05, 4.69) is 28.4 Å². The molecule has 132 valence electrons. The number of hydrogen-bond acceptors (Lipinski definition) is 4. The number of carbonyl (C=O) groups is 1. The lowest BCUT2D eigenvalue weighted by Crippen LogP contribution is -2.46. The first-order chi connectivity index (χ1) is 12.1. The number of hydrogen-bond donors (Lipinski definition) is 4. The highest BCUT2D eigenvalue weighted by atomic mass is 32.1. The number of para-hydroxylation sites is 1. The van der Waals surface area contributed by atoms with E-state index in [0.717, 1.165) is 29.1 Å². The first-order valence-corrected chi connectivity index (χ1v) is 8.35. The summed E-state index contributed by atoms with van der Waals surface area (Å²) in [6, 6.07) is 15.2. The highest BCUT2D eigenvalue weighted by molar-refractivity contribution is 7.80. The summed E-state index contributed by atoms with van der Waals surface area (Å²) in [5.41, 5.74) is 8.15. The molecule has 0 radical (unpaired) electrons. The van der Waals surface area contributed by atoms with Gasteiger partial charge in [0.25, 0.3) is 5.91 Å². The van der Waals surface area contributed by atoms with Crippen LogP contribution in [0.5, 0.6) is 5.75 Å². The average molecular weight is 358 g/mol. The van der Waals surface area contributed by atoms with E-state index in [0.29, 0.717) is 5.11 Å². The van der Waals surface area contributed by atoms with E-state index in [1.807, 2.05) is 48.5 Å². The summed E-state index contributed by atoms with van der Waals surface area (Å²) in [6.07, 6.45) is 0.893. The molecule has 2 rings (SSSR count). The third kappa shape index (κ3) is 5.96. The van der Waals surface area contributed by atoms with Gasteiger partial charge in [-0.3, -0.25) is 15.6 Å². The van der Waals surface area contributed by atoms with E-state index in [1.54, 1.807) is 7.11 Å². The predicted octanol–water partition coefficient (Wildman–Crippen LogP) is 2.69. The molecule has 0 aliphatic heterocycles. The lowest BCUT2D eigenvalue weighted by Gasteiger charge is -2.14. The Balaban J connectivity index is 1.74. The number of nitrogens with one attached hydrogen (secondary N) is 4. The van der Waals surface area contributed by atoms with Gasteiger partial charge in [0, 0.05) is 11.4 Å². The molecule has 2 aromatic carbocycles. The van der Waals surface area contributed by atoms with E-state index in [1.165, 1.54) is 0 Å². The zero-order valence-corrected chi connectivity index (χ0v) is 15.1. The van der Waals surface area contributed by atoms with Crippen molar-refractivity contribution in [1.29, 1.82) is 0 Å². The Morgan fingerprint density at radius 2 is 1.80 bits per heavy atom. The third-order valence-electron chi connectivity index (χ3n) is 3.51. The Labute approximate surface area is 152 Å². The zero-order chi connectivity index (χ0) is 18.1. The predicted molar refractivity (Wildman–Crippen MR) is 105 cm³/mol. The Morgan fingerprint density at radius 1 is 1.08 bits per heavy atom. The summed E-state index contributed by atoms with van der Waals surface area (Å²) >= 11 is 5.20. The number of aryl methyl sites for hydroxylation is 1. The number of hydrazine groups is 1. The van der Waals surface area contributed by atoms with Crippen LogP contribution < -0.4 is 26.2 Å². The van der Waals surface area contributed by atoms with Gasteiger partial charge in [0.2, 0.25) is 0 Å². The second-order valence-corrected chi connectivity index (χ2v) is 5.63. The fourth-order valence-corrected chi connectivity index (χ4v) is 2.33. The summed E-state index contributed by atoms with van der Waals surface area (Å²) in [4.78, 5) is 11.9. The van der Waals surface area contributed by atoms with Gasteiger partial charge in [-0.1, -0.05) is 25.1 Å². The van der Waals surface area contributed by atoms with Gasteiger partial charge in [0.05, 0.1) is 13.7 Å². The van der Waals surface area contributed by atoms with Crippen molar-refractivity contribution in [2.45, 2.75) is 13.3 Å². The van der Waals surface area contributed by atoms with Crippen molar-refractivity contribution in [3.63, 3.8) is 0 Å². The van der Waals surface area contributed by atoms with Gasteiger partial charge in [0.1, 0.15) is 5.75 Å². The standard InChI is InChI=1S/C18H22N4O2S/c1-3-13-6-4-5-7-16(13)20-18(25)22-21-17(23)12-19-14-8-10-15(24-2)11-9-14/h4-11,19H,3,12H2,1-2H3,(H,21,23)(H2,20,22,25). The first-order valence-electron chi connectivity index (χ1n) is 7.94. The van der Waals surface area contributed by atoms with Crippen molar-refractivity contribution >= 4 is 34.6 Å². The molecular weight excluding hydrogens is 336 g/mol. The first kappa shape index (κ1) is 18.5. The van der Waals surface area contributed by atoms with Gasteiger partial charge in [-0.15, -0.1) is 0 Å². The summed E-state index contributed by atoms with van der Waals surface area (Å²) in [7, 11) is 1.61. The van der Waals surface area contributed by atoms with Gasteiger partial charge < -0.3 is 15.4 Å². The molecule has 0 unspecified atom stereocenters. The molecule has 0 aliphatic carbocycles. The highest BCUT2D eigenvalue weighted by Gasteiger charge is 2.04. The Bertz CT molecular complexity index is 719. The molecule has 0 spiro atoms. The van der Waals surface area contributed by atoms with E-state index in [-0.39, 0.29) is 12.5 Å². The average Bonchev–Trinajstić information content (AvgIpc) is 2.65. The van der Waals surface area contributed by atoms with Crippen molar-refractivity contribution < 1.29 is 9.53 Å². The number of thiocarbonyl (C=S) groups is 1. The number of benzene rings is 2. The summed E-state index contributed by atoms with van der Waals surface area (Å²) < 4.78 is 5.09. The highest BCUT2D eigenvalue weighted by Crippen LogP contribution is 2.15. The number of anilines is 2. The van der Waals surface area contributed by atoms with Crippen LogP contribution in [0.15, 0.2) is 48.5 Å². The number of amides is 1. The van der Waals surface area contributed by atoms with Crippen molar-refractivity contribution in [3.8, 4) is 5.75 Å². The molecule has 7 heteroatoms. The molecule has 0 saturated carbocycles. The Morgan fingerprint density at radius 3 is 2.48 bits per heavy atom. The van der Waals surface area contributed by atoms with Crippen LogP contribution in [-0.2, 0) is 11.2 Å². The van der Waals surface area contributed by atoms with Crippen molar-refractivity contribution in [2.75, 3.05) is 24.3 Å². The maximum atomic E-state index is 11.9. The van der Waals surface area contributed by atoms with Crippen LogP contribution in [0.4, 0.5) is 11.4 Å². The lowest BCUT2D eigenvalue weighted by atomic mass is 10.1. The van der Waals surface area contributed by atoms with Crippen LogP contribution in [0.25, 0.3) is 0 Å². The third-order valence-corrected chi connectivity index (χ3v) is 3.71. The van der Waals surface area contributed by atoms with Gasteiger partial charge in [-0.25, -0.2) is 0 Å². The number of ether oxygens (including phenoxy) is 1. The Hall–Kier alpha value is -2.80. The fraction of sp³-hybridized carbons (Fsp3) is 0.222. The monoisotopic (exact) mass is 358 g/mol. The van der Waals surface area contributed by atoms with E-state index < -0.39 is 0 Å². The summed E-state index contributed by atoms with van der Waals surface area (Å²) in [5.74, 6) is 0.532. The van der Waals surface area contributed by atoms with Crippen LogP contribution in [0.1, 0.15) is 12.5 Å². The van der Waals surface area contributed by atoms with E-state index in [9.17, 15) is 4.79 Å². The second-order valence-electron chi connectivity index (χ2n) is 5.22. The van der Waals surface area contributed by atoms with Crippen LogP contribution in [0.2, 0.25) is 0 Å². The smallest absolute Gasteiger partial charge is 0.257 e. The molecule has 1 amide bonds. The summed E-state index contributed by atoms with van der Waals surface area (Å²) in [6.45, 7) is 2.19. The van der Waals surface area contributed by atoms with Crippen LogP contribution >= 0.6 is 12.2 Å². The summed E-state index contributed by atoms with van der Waals surface area (Å²) in [5, 5.41) is 6.42. The van der Waals surface area contributed by atoms with Gasteiger partial charge in [-0.2, -0.15) is 0 Å².